The number of phenolic OH excluding ortho intramolecular Hbond substituents is 1. The highest BCUT2D eigenvalue weighted by molar-refractivity contribution is 7.92. The molecule has 244 valence electrons. The molecule has 0 radical (unpaired) electrons. The molecule has 0 saturated carbocycles. The number of benzene rings is 2. The number of aromatic nitrogens is 3. The zero-order valence-corrected chi connectivity index (χ0v) is 25.5. The van der Waals surface area contributed by atoms with E-state index in [0.29, 0.717) is 29.2 Å². The molecule has 3 heterocycles. The zero-order chi connectivity index (χ0) is 25.8. The summed E-state index contributed by atoms with van der Waals surface area (Å²) in [6.45, 7) is 3.64. The number of nitrogens with zero attached hydrogens (tertiary/aromatic N) is 5. The molecule has 1 aromatic heterocycles. The summed E-state index contributed by atoms with van der Waals surface area (Å²) < 4.78 is 27.8. The maximum absolute atomic E-state index is 12.7. The van der Waals surface area contributed by atoms with Gasteiger partial charge in [-0.1, -0.05) is 0 Å². The van der Waals surface area contributed by atoms with Crippen LogP contribution in [0.3, 0.4) is 0 Å². The molecule has 0 spiro atoms. The van der Waals surface area contributed by atoms with Gasteiger partial charge in [0, 0.05) is 49.3 Å². The second kappa shape index (κ2) is 16.7. The van der Waals surface area contributed by atoms with Crippen LogP contribution in [0.1, 0.15) is 44.2 Å². The van der Waals surface area contributed by atoms with Gasteiger partial charge >= 0.3 is 0 Å². The third-order valence-electron chi connectivity index (χ3n) is 6.58. The first-order chi connectivity index (χ1) is 17.9. The Morgan fingerprint density at radius 1 is 0.762 bits per heavy atom. The van der Waals surface area contributed by atoms with E-state index in [4.69, 9.17) is 10.7 Å². The number of phenols is 1. The van der Waals surface area contributed by atoms with Crippen LogP contribution in [0.15, 0.2) is 47.4 Å². The molecule has 0 bridgehead atoms. The van der Waals surface area contributed by atoms with Crippen LogP contribution in [0.25, 0.3) is 0 Å². The smallest absolute Gasteiger partial charge is 0.262 e. The molecule has 0 amide bonds. The minimum atomic E-state index is -3.89. The summed E-state index contributed by atoms with van der Waals surface area (Å²) in [5, 5.41) is 13.7. The van der Waals surface area contributed by atoms with E-state index in [0.717, 1.165) is 51.9 Å². The number of halogens is 1. The first-order valence-corrected chi connectivity index (χ1v) is 14.1. The lowest BCUT2D eigenvalue weighted by atomic mass is 10.1. The SMILES string of the molecule is Cl.N.N.N.N.Nc1ccc(S(=O)(=O)Nc2ccc(Nc3nc(N4CCCCC4)nc(N4CCCCC4)n3)cc2O)cc1.[HH].[HH].[HH].[HH]. The molecule has 17 N–H and O–H groups in total. The van der Waals surface area contributed by atoms with Crippen molar-refractivity contribution in [3.8, 4) is 5.75 Å². The highest BCUT2D eigenvalue weighted by Crippen LogP contribution is 2.31. The fraction of sp³-hybridized carbons (Fsp3) is 0.400. The molecule has 42 heavy (non-hydrogen) atoms. The molecule has 0 atom stereocenters. The van der Waals surface area contributed by atoms with Gasteiger partial charge in [0.2, 0.25) is 17.8 Å². The number of hydrogen-bond donors (Lipinski definition) is 8. The van der Waals surface area contributed by atoms with Gasteiger partial charge in [-0.25, -0.2) is 8.42 Å². The van der Waals surface area contributed by atoms with Crippen molar-refractivity contribution in [3.05, 3.63) is 42.5 Å². The number of nitrogen functional groups attached to an aromatic ring is 1. The van der Waals surface area contributed by atoms with Gasteiger partial charge in [-0.2, -0.15) is 15.0 Å². The highest BCUT2D eigenvalue weighted by atomic mass is 35.5. The third kappa shape index (κ3) is 9.17. The van der Waals surface area contributed by atoms with Gasteiger partial charge in [0.25, 0.3) is 10.0 Å². The maximum Gasteiger partial charge on any atom is 0.262 e. The number of rotatable bonds is 7. The Bertz CT molecular complexity index is 1340. The van der Waals surface area contributed by atoms with Gasteiger partial charge in [0.05, 0.1) is 10.6 Å². The molecule has 0 aliphatic carbocycles. The van der Waals surface area contributed by atoms with E-state index in [9.17, 15) is 13.5 Å². The minimum absolute atomic E-state index is 0. The van der Waals surface area contributed by atoms with Gasteiger partial charge in [-0.15, -0.1) is 12.4 Å². The molecule has 2 aliphatic heterocycles. The molecule has 2 aromatic carbocycles. The predicted octanol–water partition coefficient (Wildman–Crippen LogP) is 5.74. The summed E-state index contributed by atoms with van der Waals surface area (Å²) in [4.78, 5) is 18.5. The standard InChI is InChI=1S/C25H32N8O3S.ClH.4H3N.4H2/c26-18-7-10-20(11-8-18)37(35,36)31-21-12-9-19(17-22(21)34)27-23-28-24(32-13-3-1-4-14-32)30-25(29-23)33-15-5-2-6-16-33;;;;;;;;;/h7-12,17,31,34H,1-6,13-16,26H2,(H,27,28,29,30);1H;4*1H3;4*1H. The quantitative estimate of drug-likeness (QED) is 0.113. The van der Waals surface area contributed by atoms with Crippen LogP contribution in [0.4, 0.5) is 34.9 Å². The number of anilines is 6. The summed E-state index contributed by atoms with van der Waals surface area (Å²) in [5.74, 6) is 1.45. The molecular formula is C25H53ClN12O3S. The third-order valence-corrected chi connectivity index (χ3v) is 7.96. The number of aromatic hydroxyl groups is 1. The van der Waals surface area contributed by atoms with E-state index in [1.807, 2.05) is 0 Å². The minimum Gasteiger partial charge on any atom is -0.506 e. The Labute approximate surface area is 259 Å². The van der Waals surface area contributed by atoms with Crippen molar-refractivity contribution < 1.29 is 19.2 Å². The maximum atomic E-state index is 12.7. The molecule has 2 fully saturated rings. The summed E-state index contributed by atoms with van der Waals surface area (Å²) >= 11 is 0. The molecule has 15 nitrogen and oxygen atoms in total. The lowest BCUT2D eigenvalue weighted by Gasteiger charge is -2.30. The molecule has 3 aromatic rings. The predicted molar refractivity (Wildman–Crippen MR) is 181 cm³/mol. The first kappa shape index (κ1) is 38.3. The molecule has 17 heteroatoms. The zero-order valence-electron chi connectivity index (χ0n) is 23.8. The van der Waals surface area contributed by atoms with Crippen LogP contribution < -0.4 is 50.2 Å². The molecule has 2 saturated heterocycles. The topological polar surface area (TPSA) is 290 Å². The molecular weight excluding hydrogens is 584 g/mol. The Morgan fingerprint density at radius 3 is 1.74 bits per heavy atom. The average Bonchev–Trinajstić information content (AvgIpc) is 2.91. The molecule has 0 unspecified atom stereocenters. The largest absolute Gasteiger partial charge is 0.506 e. The van der Waals surface area contributed by atoms with E-state index in [2.05, 4.69) is 29.8 Å². The van der Waals surface area contributed by atoms with Gasteiger partial charge in [-0.05, 0) is 74.9 Å². The number of nitrogens with one attached hydrogen (secondary N) is 2. The van der Waals surface area contributed by atoms with Crippen molar-refractivity contribution >= 4 is 57.3 Å². The number of sulfonamides is 1. The van der Waals surface area contributed by atoms with Crippen LogP contribution in [0, 0.1) is 0 Å². The van der Waals surface area contributed by atoms with Crippen molar-refractivity contribution in [1.82, 2.24) is 39.6 Å². The van der Waals surface area contributed by atoms with Gasteiger partial charge in [0.15, 0.2) is 0 Å². The van der Waals surface area contributed by atoms with E-state index in [-0.39, 0.29) is 59.0 Å². The fourth-order valence-corrected chi connectivity index (χ4v) is 5.63. The van der Waals surface area contributed by atoms with E-state index < -0.39 is 10.0 Å². The Hall–Kier alpha value is -3.67. The summed E-state index contributed by atoms with van der Waals surface area (Å²) in [7, 11) is -3.89. The number of hydrogen-bond acceptors (Lipinski definition) is 14. The van der Waals surface area contributed by atoms with Crippen molar-refractivity contribution in [2.75, 3.05) is 51.8 Å². The summed E-state index contributed by atoms with van der Waals surface area (Å²) in [6.07, 6.45) is 6.84. The Morgan fingerprint density at radius 2 is 1.26 bits per heavy atom. The van der Waals surface area contributed by atoms with E-state index in [1.54, 1.807) is 6.07 Å². The van der Waals surface area contributed by atoms with Crippen molar-refractivity contribution in [2.24, 2.45) is 0 Å². The Balaban J connectivity index is -0.000000623. The fourth-order valence-electron chi connectivity index (χ4n) is 4.56. The first-order valence-electron chi connectivity index (χ1n) is 12.6. The van der Waals surface area contributed by atoms with Crippen LogP contribution in [-0.4, -0.2) is 54.7 Å². The van der Waals surface area contributed by atoms with Gasteiger partial charge < -0.3 is 50.6 Å². The van der Waals surface area contributed by atoms with Gasteiger partial charge in [0.1, 0.15) is 5.75 Å². The van der Waals surface area contributed by atoms with E-state index >= 15 is 0 Å². The second-order valence-corrected chi connectivity index (χ2v) is 11.1. The lowest BCUT2D eigenvalue weighted by Crippen LogP contribution is -2.34. The summed E-state index contributed by atoms with van der Waals surface area (Å²) in [5.41, 5.74) is 6.69. The van der Waals surface area contributed by atoms with Crippen LogP contribution in [-0.2, 0) is 10.0 Å². The second-order valence-electron chi connectivity index (χ2n) is 9.39. The van der Waals surface area contributed by atoms with Crippen LogP contribution in [0.5, 0.6) is 5.75 Å². The number of piperidine rings is 2. The van der Waals surface area contributed by atoms with Crippen molar-refractivity contribution in [1.29, 1.82) is 0 Å². The Kier molecular flexibility index (Phi) is 15.2. The van der Waals surface area contributed by atoms with Crippen LogP contribution in [0.2, 0.25) is 0 Å². The van der Waals surface area contributed by atoms with Crippen LogP contribution >= 0.6 is 12.4 Å². The van der Waals surface area contributed by atoms with Crippen molar-refractivity contribution in [3.63, 3.8) is 0 Å². The normalized spacial score (nSPS) is 14.5. The highest BCUT2D eigenvalue weighted by Gasteiger charge is 2.21. The lowest BCUT2D eigenvalue weighted by molar-refractivity contribution is 0.478. The molecule has 2 aliphatic rings. The summed E-state index contributed by atoms with van der Waals surface area (Å²) in [6, 6.07) is 10.4. The molecule has 5 rings (SSSR count). The van der Waals surface area contributed by atoms with E-state index in [1.165, 1.54) is 49.2 Å². The monoisotopic (exact) mass is 636 g/mol. The number of nitrogens with two attached hydrogens (primary N) is 1. The van der Waals surface area contributed by atoms with Crippen molar-refractivity contribution in [2.45, 2.75) is 43.4 Å². The van der Waals surface area contributed by atoms with Gasteiger partial charge in [-0.3, -0.25) is 4.72 Å². The average molecular weight is 637 g/mol.